The summed E-state index contributed by atoms with van der Waals surface area (Å²) in [6.07, 6.45) is 5.77. The first kappa shape index (κ1) is 18.9. The molecule has 0 bridgehead atoms. The van der Waals surface area contributed by atoms with Crippen LogP contribution in [0, 0.1) is 0 Å². The lowest BCUT2D eigenvalue weighted by atomic mass is 10.1. The summed E-state index contributed by atoms with van der Waals surface area (Å²) < 4.78 is 7.51. The van der Waals surface area contributed by atoms with Crippen LogP contribution in [-0.2, 0) is 6.54 Å². The molecule has 146 valence electrons. The molecule has 2 aromatic carbocycles. The van der Waals surface area contributed by atoms with Crippen LogP contribution in [0.1, 0.15) is 24.1 Å². The van der Waals surface area contributed by atoms with E-state index in [1.807, 2.05) is 59.4 Å². The number of ether oxygens (including phenoxy) is 1. The van der Waals surface area contributed by atoms with Gasteiger partial charge in [0, 0.05) is 42.3 Å². The van der Waals surface area contributed by atoms with Crippen molar-refractivity contribution in [2.75, 3.05) is 7.11 Å². The molecule has 29 heavy (non-hydrogen) atoms. The predicted octanol–water partition coefficient (Wildman–Crippen LogP) is 4.79. The molecule has 4 rings (SSSR count). The van der Waals surface area contributed by atoms with Crippen molar-refractivity contribution < 1.29 is 4.74 Å². The molecular weight excluding hydrogens is 360 g/mol. The Morgan fingerprint density at radius 3 is 2.55 bits per heavy atom. The zero-order chi connectivity index (χ0) is 20.1. The number of aromatic nitrogens is 3. The average molecular weight is 384 g/mol. The highest BCUT2D eigenvalue weighted by Gasteiger charge is 2.16. The Balaban J connectivity index is 1.68. The van der Waals surface area contributed by atoms with E-state index in [0.29, 0.717) is 6.54 Å². The van der Waals surface area contributed by atoms with E-state index in [0.717, 1.165) is 33.8 Å². The third kappa shape index (κ3) is 4.20. The number of nitrogens with zero attached hydrogens (tertiary/aromatic N) is 3. The second-order valence-corrected chi connectivity index (χ2v) is 6.87. The van der Waals surface area contributed by atoms with Crippen LogP contribution in [0.15, 0.2) is 85.3 Å². The summed E-state index contributed by atoms with van der Waals surface area (Å²) in [7, 11) is 1.69. The van der Waals surface area contributed by atoms with Gasteiger partial charge >= 0.3 is 0 Å². The third-order valence-electron chi connectivity index (χ3n) is 4.96. The molecule has 0 fully saturated rings. The summed E-state index contributed by atoms with van der Waals surface area (Å²) >= 11 is 0. The molecule has 5 nitrogen and oxygen atoms in total. The standard InChI is InChI=1S/C24H24N4O/c1-18(19-9-8-14-25-15-19)26-16-20-17-28(21-10-4-3-5-11-21)27-24(20)22-12-6-7-13-23(22)29-2/h3-15,17-18,26H,16H2,1-2H3/t18-/m1/s1. The quantitative estimate of drug-likeness (QED) is 0.498. The Labute approximate surface area is 171 Å². The van der Waals surface area contributed by atoms with Gasteiger partial charge in [0.2, 0.25) is 0 Å². The van der Waals surface area contributed by atoms with Crippen molar-refractivity contribution in [2.45, 2.75) is 19.5 Å². The Kier molecular flexibility index (Phi) is 5.68. The van der Waals surface area contributed by atoms with Gasteiger partial charge in [0.05, 0.1) is 12.8 Å². The maximum atomic E-state index is 5.59. The van der Waals surface area contributed by atoms with Gasteiger partial charge in [0.1, 0.15) is 11.4 Å². The molecule has 0 amide bonds. The van der Waals surface area contributed by atoms with Crippen LogP contribution >= 0.6 is 0 Å². The molecule has 5 heteroatoms. The highest BCUT2D eigenvalue weighted by atomic mass is 16.5. The number of nitrogens with one attached hydrogen (secondary N) is 1. The predicted molar refractivity (Wildman–Crippen MR) is 115 cm³/mol. The smallest absolute Gasteiger partial charge is 0.128 e. The molecule has 4 aromatic rings. The summed E-state index contributed by atoms with van der Waals surface area (Å²) in [5, 5.41) is 8.49. The van der Waals surface area contributed by atoms with Gasteiger partial charge in [0.25, 0.3) is 0 Å². The van der Waals surface area contributed by atoms with Gasteiger partial charge in [-0.2, -0.15) is 5.10 Å². The zero-order valence-electron chi connectivity index (χ0n) is 16.6. The number of methoxy groups -OCH3 is 1. The van der Waals surface area contributed by atoms with Gasteiger partial charge in [-0.05, 0) is 42.8 Å². The second-order valence-electron chi connectivity index (χ2n) is 6.87. The molecule has 0 radical (unpaired) electrons. The lowest BCUT2D eigenvalue weighted by Crippen LogP contribution is -2.18. The van der Waals surface area contributed by atoms with Gasteiger partial charge in [-0.1, -0.05) is 36.4 Å². The zero-order valence-corrected chi connectivity index (χ0v) is 16.6. The maximum absolute atomic E-state index is 5.59. The van der Waals surface area contributed by atoms with E-state index in [4.69, 9.17) is 9.84 Å². The average Bonchev–Trinajstić information content (AvgIpc) is 3.22. The van der Waals surface area contributed by atoms with Crippen molar-refractivity contribution >= 4 is 0 Å². The Hall–Kier alpha value is -3.44. The lowest BCUT2D eigenvalue weighted by molar-refractivity contribution is 0.416. The van der Waals surface area contributed by atoms with Gasteiger partial charge in [-0.15, -0.1) is 0 Å². The van der Waals surface area contributed by atoms with Crippen LogP contribution < -0.4 is 10.1 Å². The van der Waals surface area contributed by atoms with Gasteiger partial charge in [-0.3, -0.25) is 4.98 Å². The number of benzene rings is 2. The van der Waals surface area contributed by atoms with Gasteiger partial charge in [-0.25, -0.2) is 4.68 Å². The van der Waals surface area contributed by atoms with Gasteiger partial charge < -0.3 is 10.1 Å². The minimum Gasteiger partial charge on any atom is -0.496 e. The van der Waals surface area contributed by atoms with Crippen molar-refractivity contribution in [2.24, 2.45) is 0 Å². The molecule has 0 saturated heterocycles. The summed E-state index contributed by atoms with van der Waals surface area (Å²) in [5.74, 6) is 0.812. The minimum atomic E-state index is 0.175. The molecule has 0 saturated carbocycles. The fraction of sp³-hybridized carbons (Fsp3) is 0.167. The fourth-order valence-corrected chi connectivity index (χ4v) is 3.33. The Morgan fingerprint density at radius 1 is 1.00 bits per heavy atom. The molecule has 2 heterocycles. The summed E-state index contributed by atoms with van der Waals surface area (Å²) in [5.41, 5.74) is 5.18. The van der Waals surface area contributed by atoms with E-state index in [-0.39, 0.29) is 6.04 Å². The van der Waals surface area contributed by atoms with Crippen LogP contribution in [0.25, 0.3) is 16.9 Å². The minimum absolute atomic E-state index is 0.175. The van der Waals surface area contributed by atoms with Crippen molar-refractivity contribution in [1.82, 2.24) is 20.1 Å². The summed E-state index contributed by atoms with van der Waals surface area (Å²) in [6.45, 7) is 2.82. The lowest BCUT2D eigenvalue weighted by Gasteiger charge is -2.14. The van der Waals surface area contributed by atoms with Crippen LogP contribution in [0.3, 0.4) is 0 Å². The number of pyridine rings is 1. The number of hydrogen-bond acceptors (Lipinski definition) is 4. The van der Waals surface area contributed by atoms with E-state index >= 15 is 0 Å². The molecule has 0 unspecified atom stereocenters. The van der Waals surface area contributed by atoms with Crippen molar-refractivity contribution in [3.8, 4) is 22.7 Å². The Morgan fingerprint density at radius 2 is 1.79 bits per heavy atom. The first-order valence-electron chi connectivity index (χ1n) is 9.67. The SMILES string of the molecule is COc1ccccc1-c1nn(-c2ccccc2)cc1CN[C@H](C)c1cccnc1. The maximum Gasteiger partial charge on any atom is 0.128 e. The van der Waals surface area contributed by atoms with Crippen LogP contribution in [0.2, 0.25) is 0 Å². The third-order valence-corrected chi connectivity index (χ3v) is 4.96. The molecule has 0 aliphatic heterocycles. The largest absolute Gasteiger partial charge is 0.496 e. The van der Waals surface area contributed by atoms with Crippen molar-refractivity contribution in [3.05, 3.63) is 96.4 Å². The molecule has 2 aromatic heterocycles. The van der Waals surface area contributed by atoms with Crippen molar-refractivity contribution in [3.63, 3.8) is 0 Å². The van der Waals surface area contributed by atoms with E-state index < -0.39 is 0 Å². The van der Waals surface area contributed by atoms with E-state index in [2.05, 4.69) is 41.6 Å². The first-order chi connectivity index (χ1) is 14.3. The molecular formula is C24H24N4O. The molecule has 0 spiro atoms. The molecule has 1 N–H and O–H groups in total. The molecule has 0 aliphatic carbocycles. The van der Waals surface area contributed by atoms with Crippen LogP contribution in [0.5, 0.6) is 5.75 Å². The monoisotopic (exact) mass is 384 g/mol. The Bertz CT molecular complexity index is 1060. The fourth-order valence-electron chi connectivity index (χ4n) is 3.33. The van der Waals surface area contributed by atoms with E-state index in [9.17, 15) is 0 Å². The first-order valence-corrected chi connectivity index (χ1v) is 9.67. The summed E-state index contributed by atoms with van der Waals surface area (Å²) in [4.78, 5) is 4.22. The van der Waals surface area contributed by atoms with E-state index in [1.165, 1.54) is 0 Å². The van der Waals surface area contributed by atoms with Gasteiger partial charge in [0.15, 0.2) is 0 Å². The number of para-hydroxylation sites is 2. The second kappa shape index (κ2) is 8.71. The van der Waals surface area contributed by atoms with Crippen molar-refractivity contribution in [1.29, 1.82) is 0 Å². The highest BCUT2D eigenvalue weighted by molar-refractivity contribution is 5.70. The summed E-state index contributed by atoms with van der Waals surface area (Å²) in [6, 6.07) is 22.3. The van der Waals surface area contributed by atoms with E-state index in [1.54, 1.807) is 13.3 Å². The van der Waals surface area contributed by atoms with Crippen LogP contribution in [-0.4, -0.2) is 21.9 Å². The normalized spacial score (nSPS) is 11.9. The number of hydrogen-bond donors (Lipinski definition) is 1. The highest BCUT2D eigenvalue weighted by Crippen LogP contribution is 2.32. The van der Waals surface area contributed by atoms with Crippen LogP contribution in [0.4, 0.5) is 0 Å². The molecule has 0 aliphatic rings. The number of rotatable bonds is 7. The molecule has 1 atom stereocenters. The topological polar surface area (TPSA) is 52.0 Å².